The van der Waals surface area contributed by atoms with Gasteiger partial charge in [0.15, 0.2) is 18.1 Å². The molecule has 0 fully saturated rings. The second-order valence-electron chi connectivity index (χ2n) is 7.81. The molecule has 1 atom stereocenters. The van der Waals surface area contributed by atoms with E-state index < -0.39 is 17.9 Å². The van der Waals surface area contributed by atoms with Gasteiger partial charge in [0, 0.05) is 5.56 Å². The zero-order valence-corrected chi connectivity index (χ0v) is 21.1. The molecule has 0 aromatic heterocycles. The number of hydrazone groups is 1. The normalized spacial score (nSPS) is 11.8. The first-order valence-corrected chi connectivity index (χ1v) is 11.5. The number of nitrogens with one attached hydrogen (secondary N) is 2. The lowest BCUT2D eigenvalue weighted by molar-refractivity contribution is -0.124. The minimum atomic E-state index is -0.777. The number of primary amides is 1. The van der Waals surface area contributed by atoms with Crippen LogP contribution in [0.2, 0.25) is 0 Å². The third kappa shape index (κ3) is 7.87. The highest BCUT2D eigenvalue weighted by Gasteiger charge is 2.24. The first kappa shape index (κ1) is 26.8. The molecule has 0 saturated carbocycles. The molecule has 2 aromatic rings. The Morgan fingerprint density at radius 2 is 1.82 bits per heavy atom. The van der Waals surface area contributed by atoms with Crippen molar-refractivity contribution in [1.82, 2.24) is 10.7 Å². The fourth-order valence-corrected chi connectivity index (χ4v) is 3.49. The predicted octanol–water partition coefficient (Wildman–Crippen LogP) is 2.93. The topological polar surface area (TPSA) is 132 Å². The Balaban J connectivity index is 2.10. The Bertz CT molecular complexity index is 1050. The summed E-state index contributed by atoms with van der Waals surface area (Å²) in [7, 11) is 0. The molecule has 2 aromatic carbocycles. The van der Waals surface area contributed by atoms with Crippen LogP contribution in [0.15, 0.2) is 46.0 Å². The number of carbonyl (C=O) groups is 3. The molecule has 2 rings (SSSR count). The average Bonchev–Trinajstić information content (AvgIpc) is 2.77. The van der Waals surface area contributed by atoms with Crippen molar-refractivity contribution >= 4 is 39.9 Å². The van der Waals surface area contributed by atoms with Crippen LogP contribution in [0, 0.1) is 12.8 Å². The number of benzene rings is 2. The van der Waals surface area contributed by atoms with Crippen LogP contribution in [-0.2, 0) is 9.59 Å². The predicted molar refractivity (Wildman–Crippen MR) is 133 cm³/mol. The highest BCUT2D eigenvalue weighted by Crippen LogP contribution is 2.36. The number of halogens is 1. The van der Waals surface area contributed by atoms with Gasteiger partial charge in [-0.3, -0.25) is 14.4 Å². The van der Waals surface area contributed by atoms with Crippen LogP contribution in [0.4, 0.5) is 0 Å². The monoisotopic (exact) mass is 532 g/mol. The number of carbonyl (C=O) groups excluding carboxylic acids is 3. The van der Waals surface area contributed by atoms with Gasteiger partial charge in [-0.15, -0.1) is 0 Å². The lowest BCUT2D eigenvalue weighted by Crippen LogP contribution is -2.48. The molecular weight excluding hydrogens is 504 g/mol. The number of nitrogens with two attached hydrogens (primary N) is 1. The number of amides is 3. The molecule has 182 valence electrons. The van der Waals surface area contributed by atoms with Crippen LogP contribution in [-0.4, -0.2) is 43.2 Å². The quantitative estimate of drug-likeness (QED) is 0.302. The minimum absolute atomic E-state index is 0.162. The largest absolute Gasteiger partial charge is 0.490 e. The summed E-state index contributed by atoms with van der Waals surface area (Å²) in [6, 6.07) is 9.66. The van der Waals surface area contributed by atoms with E-state index in [1.54, 1.807) is 24.3 Å². The average molecular weight is 533 g/mol. The van der Waals surface area contributed by atoms with Gasteiger partial charge in [0.25, 0.3) is 17.7 Å². The van der Waals surface area contributed by atoms with Gasteiger partial charge in [0.1, 0.15) is 6.04 Å². The molecule has 0 aliphatic carbocycles. The van der Waals surface area contributed by atoms with Crippen LogP contribution in [0.1, 0.15) is 42.3 Å². The van der Waals surface area contributed by atoms with Crippen molar-refractivity contribution in [3.05, 3.63) is 57.6 Å². The highest BCUT2D eigenvalue weighted by atomic mass is 79.9. The standard InChI is InChI=1S/C24H29BrN4O5/c1-5-33-19-11-16(10-18(25)22(19)34-13-20(26)30)12-27-29-24(32)21(14(2)3)28-23(31)17-8-6-15(4)7-9-17/h6-12,14,21H,5,13H2,1-4H3,(H2,26,30)(H,28,31)(H,29,32)/b27-12+. The summed E-state index contributed by atoms with van der Waals surface area (Å²) in [5.41, 5.74) is 9.73. The third-order valence-electron chi connectivity index (χ3n) is 4.63. The first-order valence-electron chi connectivity index (χ1n) is 10.7. The molecular formula is C24H29BrN4O5. The minimum Gasteiger partial charge on any atom is -0.490 e. The van der Waals surface area contributed by atoms with Crippen molar-refractivity contribution in [2.75, 3.05) is 13.2 Å². The van der Waals surface area contributed by atoms with Crippen LogP contribution < -0.4 is 25.9 Å². The molecule has 0 aliphatic heterocycles. The maximum absolute atomic E-state index is 12.7. The van der Waals surface area contributed by atoms with Crippen LogP contribution >= 0.6 is 15.9 Å². The lowest BCUT2D eigenvalue weighted by atomic mass is 10.0. The summed E-state index contributed by atoms with van der Waals surface area (Å²) in [5, 5.41) is 6.78. The van der Waals surface area contributed by atoms with Gasteiger partial charge in [0.05, 0.1) is 17.3 Å². The maximum atomic E-state index is 12.7. The molecule has 9 nitrogen and oxygen atoms in total. The lowest BCUT2D eigenvalue weighted by Gasteiger charge is -2.20. The van der Waals surface area contributed by atoms with E-state index in [4.69, 9.17) is 15.2 Å². The summed E-state index contributed by atoms with van der Waals surface area (Å²) >= 11 is 3.38. The molecule has 0 aliphatic rings. The molecule has 4 N–H and O–H groups in total. The van der Waals surface area contributed by atoms with Crippen molar-refractivity contribution < 1.29 is 23.9 Å². The van der Waals surface area contributed by atoms with E-state index in [2.05, 4.69) is 31.8 Å². The molecule has 0 saturated heterocycles. The van der Waals surface area contributed by atoms with E-state index in [0.717, 1.165) is 5.56 Å². The van der Waals surface area contributed by atoms with Crippen molar-refractivity contribution in [2.45, 2.75) is 33.7 Å². The summed E-state index contributed by atoms with van der Waals surface area (Å²) in [6.45, 7) is 7.48. The molecule has 0 radical (unpaired) electrons. The molecule has 0 bridgehead atoms. The summed E-state index contributed by atoms with van der Waals surface area (Å²) in [4.78, 5) is 36.3. The van der Waals surface area contributed by atoms with Gasteiger partial charge < -0.3 is 20.5 Å². The summed E-state index contributed by atoms with van der Waals surface area (Å²) < 4.78 is 11.5. The number of ether oxygens (including phenoxy) is 2. The van der Waals surface area contributed by atoms with Crippen LogP contribution in [0.3, 0.4) is 0 Å². The zero-order valence-electron chi connectivity index (χ0n) is 19.6. The maximum Gasteiger partial charge on any atom is 0.262 e. The van der Waals surface area contributed by atoms with Crippen molar-refractivity contribution in [1.29, 1.82) is 0 Å². The van der Waals surface area contributed by atoms with Gasteiger partial charge in [-0.05, 0) is 65.5 Å². The van der Waals surface area contributed by atoms with Crippen molar-refractivity contribution in [3.8, 4) is 11.5 Å². The molecule has 0 spiro atoms. The van der Waals surface area contributed by atoms with Crippen LogP contribution in [0.5, 0.6) is 11.5 Å². The molecule has 34 heavy (non-hydrogen) atoms. The number of aryl methyl sites for hydroxylation is 1. The van der Waals surface area contributed by atoms with E-state index in [-0.39, 0.29) is 18.4 Å². The van der Waals surface area contributed by atoms with Gasteiger partial charge in [-0.25, -0.2) is 5.43 Å². The summed E-state index contributed by atoms with van der Waals surface area (Å²) in [5.74, 6) is -0.842. The van der Waals surface area contributed by atoms with E-state index in [1.807, 2.05) is 39.8 Å². The van der Waals surface area contributed by atoms with Crippen molar-refractivity contribution in [3.63, 3.8) is 0 Å². The fourth-order valence-electron chi connectivity index (χ4n) is 2.91. The SMILES string of the molecule is CCOc1cc(/C=N/NC(=O)C(NC(=O)c2ccc(C)cc2)C(C)C)cc(Br)c1OCC(N)=O. The van der Waals surface area contributed by atoms with Crippen LogP contribution in [0.25, 0.3) is 0 Å². The number of hydrogen-bond donors (Lipinski definition) is 3. The molecule has 0 heterocycles. The molecule has 3 amide bonds. The number of rotatable bonds is 11. The smallest absolute Gasteiger partial charge is 0.262 e. The molecule has 10 heteroatoms. The van der Waals surface area contributed by atoms with Gasteiger partial charge in [-0.2, -0.15) is 5.10 Å². The van der Waals surface area contributed by atoms with Gasteiger partial charge in [0.2, 0.25) is 0 Å². The zero-order chi connectivity index (χ0) is 25.3. The summed E-state index contributed by atoms with van der Waals surface area (Å²) in [6.07, 6.45) is 1.43. The number of hydrogen-bond acceptors (Lipinski definition) is 6. The van der Waals surface area contributed by atoms with Crippen molar-refractivity contribution in [2.24, 2.45) is 16.8 Å². The Kier molecular flexibility index (Phi) is 10.1. The molecule has 1 unspecified atom stereocenters. The Morgan fingerprint density at radius 1 is 1.15 bits per heavy atom. The second-order valence-corrected chi connectivity index (χ2v) is 8.67. The van der Waals surface area contributed by atoms with Gasteiger partial charge >= 0.3 is 0 Å². The highest BCUT2D eigenvalue weighted by molar-refractivity contribution is 9.10. The van der Waals surface area contributed by atoms with Gasteiger partial charge in [-0.1, -0.05) is 31.5 Å². The van der Waals surface area contributed by atoms with E-state index in [1.165, 1.54) is 6.21 Å². The van der Waals surface area contributed by atoms with E-state index in [0.29, 0.717) is 33.7 Å². The van der Waals surface area contributed by atoms with E-state index >= 15 is 0 Å². The van der Waals surface area contributed by atoms with E-state index in [9.17, 15) is 14.4 Å². The first-order chi connectivity index (χ1) is 16.1. The number of nitrogens with zero attached hydrogens (tertiary/aromatic N) is 1. The fraction of sp³-hybridized carbons (Fsp3) is 0.333. The Morgan fingerprint density at radius 3 is 2.41 bits per heavy atom. The Hall–Kier alpha value is -3.40. The third-order valence-corrected chi connectivity index (χ3v) is 5.22. The Labute approximate surface area is 207 Å². The second kappa shape index (κ2) is 12.7.